The van der Waals surface area contributed by atoms with E-state index < -0.39 is 22.5 Å². The number of benzene rings is 3. The van der Waals surface area contributed by atoms with Crippen molar-refractivity contribution in [1.82, 2.24) is 5.32 Å². The lowest BCUT2D eigenvalue weighted by Crippen LogP contribution is -2.41. The van der Waals surface area contributed by atoms with Crippen LogP contribution >= 0.6 is 11.6 Å². The second-order valence-electron chi connectivity index (χ2n) is 7.93. The molecule has 0 aliphatic rings. The molecule has 1 amide bonds. The van der Waals surface area contributed by atoms with Gasteiger partial charge in [-0.2, -0.15) is 0 Å². The summed E-state index contributed by atoms with van der Waals surface area (Å²) in [6.45, 7) is 5.53. The summed E-state index contributed by atoms with van der Waals surface area (Å²) in [5.74, 6) is 0.334. The minimum Gasteiger partial charge on any atom is -0.495 e. The molecule has 1 atom stereocenters. The Bertz CT molecular complexity index is 1260. The van der Waals surface area contributed by atoms with Crippen molar-refractivity contribution < 1.29 is 22.7 Å². The third kappa shape index (κ3) is 6.46. The smallest absolute Gasteiger partial charge is 0.268 e. The van der Waals surface area contributed by atoms with E-state index in [0.29, 0.717) is 23.1 Å². The summed E-state index contributed by atoms with van der Waals surface area (Å²) in [7, 11) is -2.75. The Labute approximate surface area is 211 Å². The second-order valence-corrected chi connectivity index (χ2v) is 10.2. The molecule has 0 fully saturated rings. The van der Waals surface area contributed by atoms with Gasteiger partial charge in [-0.25, -0.2) is 8.42 Å². The highest BCUT2D eigenvalue weighted by atomic mass is 35.5. The fourth-order valence-corrected chi connectivity index (χ4v) is 5.34. The van der Waals surface area contributed by atoms with Gasteiger partial charge >= 0.3 is 0 Å². The van der Waals surface area contributed by atoms with Crippen LogP contribution in [0.5, 0.6) is 11.5 Å². The SMILES string of the molecule is CCOc1ccc(N(CC(=O)NC(C)c2ccc(Cl)cc2)S(=O)(=O)c2cc(C)ccc2OC)cc1. The Balaban J connectivity index is 1.96. The molecule has 3 aromatic carbocycles. The van der Waals surface area contributed by atoms with Crippen LogP contribution in [0.3, 0.4) is 0 Å². The van der Waals surface area contributed by atoms with E-state index in [9.17, 15) is 13.2 Å². The number of methoxy groups -OCH3 is 1. The molecule has 9 heteroatoms. The van der Waals surface area contributed by atoms with Crippen molar-refractivity contribution in [3.05, 3.63) is 82.9 Å². The van der Waals surface area contributed by atoms with Gasteiger partial charge in [0.25, 0.3) is 10.0 Å². The largest absolute Gasteiger partial charge is 0.495 e. The molecule has 1 unspecified atom stereocenters. The van der Waals surface area contributed by atoms with Gasteiger partial charge in [0.05, 0.1) is 25.4 Å². The summed E-state index contributed by atoms with van der Waals surface area (Å²) in [5.41, 5.74) is 1.92. The van der Waals surface area contributed by atoms with Crippen molar-refractivity contribution in [2.24, 2.45) is 0 Å². The van der Waals surface area contributed by atoms with Gasteiger partial charge in [0, 0.05) is 5.02 Å². The molecule has 3 aromatic rings. The molecule has 0 aliphatic heterocycles. The van der Waals surface area contributed by atoms with Crippen LogP contribution in [0.1, 0.15) is 31.0 Å². The number of nitrogens with one attached hydrogen (secondary N) is 1. The van der Waals surface area contributed by atoms with Crippen LogP contribution in [-0.4, -0.2) is 34.6 Å². The zero-order chi connectivity index (χ0) is 25.6. The highest BCUT2D eigenvalue weighted by Gasteiger charge is 2.30. The minimum atomic E-state index is -4.16. The summed E-state index contributed by atoms with van der Waals surface area (Å²) in [5, 5.41) is 3.46. The van der Waals surface area contributed by atoms with Gasteiger partial charge in [0.1, 0.15) is 22.9 Å². The molecule has 0 aromatic heterocycles. The Hall–Kier alpha value is -3.23. The number of hydrogen-bond acceptors (Lipinski definition) is 5. The fourth-order valence-electron chi connectivity index (χ4n) is 3.55. The van der Waals surface area contributed by atoms with E-state index in [4.69, 9.17) is 21.1 Å². The Morgan fingerprint density at radius 1 is 1.06 bits per heavy atom. The van der Waals surface area contributed by atoms with E-state index in [1.807, 2.05) is 26.0 Å². The van der Waals surface area contributed by atoms with Crippen LogP contribution in [0.25, 0.3) is 0 Å². The standard InChI is InChI=1S/C26H29ClN2O5S/c1-5-34-23-13-11-22(12-14-23)29(35(31,32)25-16-18(2)6-15-24(25)33-4)17-26(30)28-19(3)20-7-9-21(27)10-8-20/h6-16,19H,5,17H2,1-4H3,(H,28,30). The number of nitrogens with zero attached hydrogens (tertiary/aromatic N) is 1. The maximum absolute atomic E-state index is 13.8. The van der Waals surface area contributed by atoms with Crippen LogP contribution in [-0.2, 0) is 14.8 Å². The van der Waals surface area contributed by atoms with Crippen molar-refractivity contribution in [2.75, 3.05) is 24.6 Å². The first-order valence-corrected chi connectivity index (χ1v) is 12.9. The van der Waals surface area contributed by atoms with Crippen LogP contribution in [0.4, 0.5) is 5.69 Å². The molecule has 0 heterocycles. The molecule has 7 nitrogen and oxygen atoms in total. The normalized spacial score (nSPS) is 12.0. The van der Waals surface area contributed by atoms with Crippen LogP contribution in [0.2, 0.25) is 5.02 Å². The van der Waals surface area contributed by atoms with Crippen molar-refractivity contribution in [3.8, 4) is 11.5 Å². The topological polar surface area (TPSA) is 84.9 Å². The van der Waals surface area contributed by atoms with E-state index in [1.54, 1.807) is 55.5 Å². The third-order valence-corrected chi connectivity index (χ3v) is 7.40. The second kappa shape index (κ2) is 11.5. The van der Waals surface area contributed by atoms with Crippen molar-refractivity contribution in [2.45, 2.75) is 31.7 Å². The summed E-state index contributed by atoms with van der Waals surface area (Å²) in [6, 6.07) is 18.2. The Morgan fingerprint density at radius 3 is 2.31 bits per heavy atom. The molecule has 0 radical (unpaired) electrons. The van der Waals surface area contributed by atoms with E-state index in [-0.39, 0.29) is 16.7 Å². The average molecular weight is 517 g/mol. The Morgan fingerprint density at radius 2 is 1.71 bits per heavy atom. The monoisotopic (exact) mass is 516 g/mol. The lowest BCUT2D eigenvalue weighted by Gasteiger charge is -2.26. The zero-order valence-electron chi connectivity index (χ0n) is 20.1. The number of carbonyl (C=O) groups is 1. The molecular formula is C26H29ClN2O5S. The molecule has 186 valence electrons. The third-order valence-electron chi connectivity index (χ3n) is 5.36. The molecule has 0 aliphatic carbocycles. The summed E-state index contributed by atoms with van der Waals surface area (Å²) in [6.07, 6.45) is 0. The van der Waals surface area contributed by atoms with Gasteiger partial charge in [-0.15, -0.1) is 0 Å². The van der Waals surface area contributed by atoms with E-state index in [0.717, 1.165) is 15.4 Å². The lowest BCUT2D eigenvalue weighted by molar-refractivity contribution is -0.120. The number of rotatable bonds is 10. The van der Waals surface area contributed by atoms with Crippen LogP contribution in [0, 0.1) is 6.92 Å². The maximum atomic E-state index is 13.8. The van der Waals surface area contributed by atoms with Gasteiger partial charge in [0.15, 0.2) is 0 Å². The zero-order valence-corrected chi connectivity index (χ0v) is 21.7. The number of sulfonamides is 1. The lowest BCUT2D eigenvalue weighted by atomic mass is 10.1. The first-order valence-electron chi connectivity index (χ1n) is 11.1. The molecule has 0 spiro atoms. The number of halogens is 1. The van der Waals surface area contributed by atoms with Gasteiger partial charge in [0.2, 0.25) is 5.91 Å². The first kappa shape index (κ1) is 26.4. The van der Waals surface area contributed by atoms with E-state index in [1.165, 1.54) is 13.2 Å². The number of ether oxygens (including phenoxy) is 2. The molecule has 0 saturated carbocycles. The van der Waals surface area contributed by atoms with Gasteiger partial charge in [-0.05, 0) is 80.4 Å². The maximum Gasteiger partial charge on any atom is 0.268 e. The average Bonchev–Trinajstić information content (AvgIpc) is 2.83. The highest BCUT2D eigenvalue weighted by Crippen LogP contribution is 2.31. The molecule has 0 saturated heterocycles. The highest BCUT2D eigenvalue weighted by molar-refractivity contribution is 7.93. The fraction of sp³-hybridized carbons (Fsp3) is 0.269. The summed E-state index contributed by atoms with van der Waals surface area (Å²) < 4.78 is 39.5. The quantitative estimate of drug-likeness (QED) is 0.404. The summed E-state index contributed by atoms with van der Waals surface area (Å²) in [4.78, 5) is 13.0. The van der Waals surface area contributed by atoms with Gasteiger partial charge < -0.3 is 14.8 Å². The van der Waals surface area contributed by atoms with E-state index >= 15 is 0 Å². The number of amides is 1. The predicted octanol–water partition coefficient (Wildman–Crippen LogP) is 5.13. The summed E-state index contributed by atoms with van der Waals surface area (Å²) >= 11 is 5.95. The molecule has 1 N–H and O–H groups in total. The van der Waals surface area contributed by atoms with Crippen molar-refractivity contribution in [1.29, 1.82) is 0 Å². The van der Waals surface area contributed by atoms with Crippen molar-refractivity contribution >= 4 is 33.2 Å². The van der Waals surface area contributed by atoms with Gasteiger partial charge in [-0.1, -0.05) is 29.8 Å². The van der Waals surface area contributed by atoms with Crippen molar-refractivity contribution in [3.63, 3.8) is 0 Å². The minimum absolute atomic E-state index is 0.0209. The van der Waals surface area contributed by atoms with Gasteiger partial charge in [-0.3, -0.25) is 9.10 Å². The molecule has 35 heavy (non-hydrogen) atoms. The molecule has 3 rings (SSSR count). The van der Waals surface area contributed by atoms with Crippen LogP contribution < -0.4 is 19.1 Å². The van der Waals surface area contributed by atoms with E-state index in [2.05, 4.69) is 5.32 Å². The molecule has 0 bridgehead atoms. The van der Waals surface area contributed by atoms with Crippen LogP contribution in [0.15, 0.2) is 71.6 Å². The Kier molecular flexibility index (Phi) is 8.64. The first-order chi connectivity index (χ1) is 16.6. The predicted molar refractivity (Wildman–Crippen MR) is 138 cm³/mol. The number of carbonyl (C=O) groups excluding carboxylic acids is 1. The number of anilines is 1. The number of hydrogen-bond donors (Lipinski definition) is 1. The number of aryl methyl sites for hydroxylation is 1. The molecular weight excluding hydrogens is 488 g/mol.